The van der Waals surface area contributed by atoms with Crippen LogP contribution in [0.1, 0.15) is 11.4 Å². The number of rotatable bonds is 2. The van der Waals surface area contributed by atoms with E-state index in [1.807, 2.05) is 47.1 Å². The van der Waals surface area contributed by atoms with E-state index >= 15 is 0 Å². The second kappa shape index (κ2) is 4.22. The van der Waals surface area contributed by atoms with Gasteiger partial charge in [0.2, 0.25) is 0 Å². The summed E-state index contributed by atoms with van der Waals surface area (Å²) in [6.07, 6.45) is 4.63. The molecule has 1 aromatic carbocycles. The fourth-order valence-corrected chi connectivity index (χ4v) is 2.16. The Bertz CT molecular complexity index is 644. The van der Waals surface area contributed by atoms with E-state index in [0.29, 0.717) is 0 Å². The monoisotopic (exact) mass is 242 g/mol. The van der Waals surface area contributed by atoms with Crippen LogP contribution in [0.25, 0.3) is 5.52 Å². The van der Waals surface area contributed by atoms with Crippen LogP contribution in [0.4, 0.5) is 0 Å². The van der Waals surface area contributed by atoms with Gasteiger partial charge in [0.25, 0.3) is 0 Å². The normalized spacial score (nSPS) is 10.9. The SMILES string of the molecule is Clc1cccn2c(Cc3ccccc3)ncc12. The number of imidazole rings is 1. The Morgan fingerprint density at radius 1 is 1.06 bits per heavy atom. The third kappa shape index (κ3) is 1.92. The van der Waals surface area contributed by atoms with Gasteiger partial charge in [0.15, 0.2) is 0 Å². The molecular formula is C14H11ClN2. The molecule has 0 fully saturated rings. The fraction of sp³-hybridized carbons (Fsp3) is 0.0714. The first-order valence-electron chi connectivity index (χ1n) is 5.49. The van der Waals surface area contributed by atoms with Gasteiger partial charge in [0, 0.05) is 12.6 Å². The van der Waals surface area contributed by atoms with E-state index in [4.69, 9.17) is 11.6 Å². The zero-order valence-corrected chi connectivity index (χ0v) is 9.93. The lowest BCUT2D eigenvalue weighted by atomic mass is 10.1. The van der Waals surface area contributed by atoms with Gasteiger partial charge < -0.3 is 4.40 Å². The maximum absolute atomic E-state index is 6.11. The minimum absolute atomic E-state index is 0.735. The van der Waals surface area contributed by atoms with Crippen molar-refractivity contribution in [2.24, 2.45) is 0 Å². The number of hydrogen-bond acceptors (Lipinski definition) is 1. The largest absolute Gasteiger partial charge is 0.302 e. The van der Waals surface area contributed by atoms with Crippen molar-refractivity contribution in [2.75, 3.05) is 0 Å². The van der Waals surface area contributed by atoms with Gasteiger partial charge in [-0.3, -0.25) is 0 Å². The first-order chi connectivity index (χ1) is 8.34. The Morgan fingerprint density at radius 2 is 1.88 bits per heavy atom. The number of fused-ring (bicyclic) bond motifs is 1. The van der Waals surface area contributed by atoms with Crippen molar-refractivity contribution in [1.82, 2.24) is 9.38 Å². The molecule has 0 aliphatic heterocycles. The number of benzene rings is 1. The fourth-order valence-electron chi connectivity index (χ4n) is 1.95. The molecule has 0 bridgehead atoms. The van der Waals surface area contributed by atoms with Crippen LogP contribution >= 0.6 is 11.6 Å². The molecule has 3 aromatic rings. The molecular weight excluding hydrogens is 232 g/mol. The first-order valence-corrected chi connectivity index (χ1v) is 5.87. The molecule has 0 aliphatic rings. The third-order valence-electron chi connectivity index (χ3n) is 2.80. The second-order valence-corrected chi connectivity index (χ2v) is 4.36. The smallest absolute Gasteiger partial charge is 0.117 e. The molecule has 0 unspecified atom stereocenters. The zero-order valence-electron chi connectivity index (χ0n) is 9.18. The molecule has 2 heterocycles. The van der Waals surface area contributed by atoms with Gasteiger partial charge in [0.05, 0.1) is 16.7 Å². The van der Waals surface area contributed by atoms with Crippen molar-refractivity contribution >= 4 is 17.1 Å². The summed E-state index contributed by atoms with van der Waals surface area (Å²) in [6, 6.07) is 14.1. The van der Waals surface area contributed by atoms with Gasteiger partial charge in [-0.25, -0.2) is 4.98 Å². The van der Waals surface area contributed by atoms with Gasteiger partial charge in [-0.1, -0.05) is 41.9 Å². The molecule has 3 rings (SSSR count). The Kier molecular flexibility index (Phi) is 2.57. The van der Waals surface area contributed by atoms with Crippen LogP contribution in [0, 0.1) is 0 Å². The molecule has 0 spiro atoms. The molecule has 0 atom stereocenters. The molecule has 17 heavy (non-hydrogen) atoms. The lowest BCUT2D eigenvalue weighted by molar-refractivity contribution is 0.962. The van der Waals surface area contributed by atoms with Crippen molar-refractivity contribution in [3.63, 3.8) is 0 Å². The number of nitrogens with zero attached hydrogens (tertiary/aromatic N) is 2. The van der Waals surface area contributed by atoms with Crippen molar-refractivity contribution in [3.05, 3.63) is 71.3 Å². The molecule has 2 nitrogen and oxygen atoms in total. The second-order valence-electron chi connectivity index (χ2n) is 3.95. The number of halogens is 1. The van der Waals surface area contributed by atoms with Crippen LogP contribution in [0.3, 0.4) is 0 Å². The van der Waals surface area contributed by atoms with Gasteiger partial charge >= 0.3 is 0 Å². The number of pyridine rings is 1. The first kappa shape index (κ1) is 10.4. The van der Waals surface area contributed by atoms with Crippen molar-refractivity contribution in [3.8, 4) is 0 Å². The Labute approximate surface area is 104 Å². The molecule has 0 amide bonds. The summed E-state index contributed by atoms with van der Waals surface area (Å²) in [5.41, 5.74) is 2.21. The molecule has 0 radical (unpaired) electrons. The molecule has 0 aliphatic carbocycles. The van der Waals surface area contributed by atoms with E-state index in [1.54, 1.807) is 0 Å². The molecule has 3 heteroatoms. The molecule has 0 N–H and O–H groups in total. The summed E-state index contributed by atoms with van der Waals surface area (Å²) in [6.45, 7) is 0. The molecule has 0 saturated heterocycles. The predicted octanol–water partition coefficient (Wildman–Crippen LogP) is 3.58. The average Bonchev–Trinajstić information content (AvgIpc) is 2.76. The lowest BCUT2D eigenvalue weighted by Crippen LogP contribution is -1.95. The van der Waals surface area contributed by atoms with Crippen LogP contribution in [0.5, 0.6) is 0 Å². The summed E-state index contributed by atoms with van der Waals surface area (Å²) >= 11 is 6.11. The Balaban J connectivity index is 2.05. The van der Waals surface area contributed by atoms with Crippen LogP contribution in [0.15, 0.2) is 54.9 Å². The summed E-state index contributed by atoms with van der Waals surface area (Å²) in [5, 5.41) is 0.735. The van der Waals surface area contributed by atoms with Crippen LogP contribution in [0.2, 0.25) is 5.02 Å². The quantitative estimate of drug-likeness (QED) is 0.672. The van der Waals surface area contributed by atoms with Crippen molar-refractivity contribution in [2.45, 2.75) is 6.42 Å². The van der Waals surface area contributed by atoms with E-state index in [2.05, 4.69) is 17.1 Å². The summed E-state index contributed by atoms with van der Waals surface area (Å²) in [5.74, 6) is 1.01. The predicted molar refractivity (Wildman–Crippen MR) is 69.5 cm³/mol. The molecule has 0 saturated carbocycles. The standard InChI is InChI=1S/C14H11ClN2/c15-12-7-4-8-17-13(12)10-16-14(17)9-11-5-2-1-3-6-11/h1-8,10H,9H2. The summed E-state index contributed by atoms with van der Waals surface area (Å²) in [4.78, 5) is 4.43. The molecule has 84 valence electrons. The van der Waals surface area contributed by atoms with Gasteiger partial charge in [-0.15, -0.1) is 0 Å². The third-order valence-corrected chi connectivity index (χ3v) is 3.12. The summed E-state index contributed by atoms with van der Waals surface area (Å²) < 4.78 is 2.04. The highest BCUT2D eigenvalue weighted by atomic mass is 35.5. The highest BCUT2D eigenvalue weighted by Crippen LogP contribution is 2.19. The number of hydrogen-bond donors (Lipinski definition) is 0. The lowest BCUT2D eigenvalue weighted by Gasteiger charge is -2.02. The minimum Gasteiger partial charge on any atom is -0.302 e. The maximum atomic E-state index is 6.11. The van der Waals surface area contributed by atoms with E-state index in [1.165, 1.54) is 5.56 Å². The molecule has 2 aromatic heterocycles. The van der Waals surface area contributed by atoms with Crippen LogP contribution in [-0.2, 0) is 6.42 Å². The van der Waals surface area contributed by atoms with Gasteiger partial charge in [-0.05, 0) is 17.7 Å². The summed E-state index contributed by atoms with van der Waals surface area (Å²) in [7, 11) is 0. The maximum Gasteiger partial charge on any atom is 0.117 e. The minimum atomic E-state index is 0.735. The van der Waals surface area contributed by atoms with E-state index in [0.717, 1.165) is 22.8 Å². The van der Waals surface area contributed by atoms with Crippen LogP contribution in [-0.4, -0.2) is 9.38 Å². The zero-order chi connectivity index (χ0) is 11.7. The Hall–Kier alpha value is -1.80. The van der Waals surface area contributed by atoms with E-state index in [-0.39, 0.29) is 0 Å². The van der Waals surface area contributed by atoms with Crippen molar-refractivity contribution in [1.29, 1.82) is 0 Å². The topological polar surface area (TPSA) is 17.3 Å². The van der Waals surface area contributed by atoms with E-state index in [9.17, 15) is 0 Å². The number of aromatic nitrogens is 2. The Morgan fingerprint density at radius 3 is 2.71 bits per heavy atom. The van der Waals surface area contributed by atoms with E-state index < -0.39 is 0 Å². The van der Waals surface area contributed by atoms with Crippen LogP contribution < -0.4 is 0 Å². The van der Waals surface area contributed by atoms with Gasteiger partial charge in [-0.2, -0.15) is 0 Å². The van der Waals surface area contributed by atoms with Gasteiger partial charge in [0.1, 0.15) is 5.82 Å². The van der Waals surface area contributed by atoms with Crippen molar-refractivity contribution < 1.29 is 0 Å². The average molecular weight is 243 g/mol. The highest BCUT2D eigenvalue weighted by molar-refractivity contribution is 6.33. The highest BCUT2D eigenvalue weighted by Gasteiger charge is 2.06.